The van der Waals surface area contributed by atoms with E-state index in [2.05, 4.69) is 97.6 Å². The van der Waals surface area contributed by atoms with Gasteiger partial charge in [-0.25, -0.2) is 0 Å². The molecule has 0 spiro atoms. The van der Waals surface area contributed by atoms with Crippen molar-refractivity contribution in [3.8, 4) is 0 Å². The largest absolute Gasteiger partial charge is 0.388 e. The molecule has 1 saturated heterocycles. The van der Waals surface area contributed by atoms with Gasteiger partial charge in [0.2, 0.25) is 0 Å². The molecule has 3 atom stereocenters. The van der Waals surface area contributed by atoms with Crippen LogP contribution >= 0.6 is 18.5 Å². The number of fused-ring (bicyclic) bond motifs is 3. The van der Waals surface area contributed by atoms with Crippen LogP contribution in [0, 0.1) is 0 Å². The Bertz CT molecular complexity index is 1060. The van der Waals surface area contributed by atoms with Crippen LogP contribution in [-0.4, -0.2) is 42.2 Å². The maximum atomic E-state index is 10.4. The molecule has 0 radical (unpaired) electrons. The summed E-state index contributed by atoms with van der Waals surface area (Å²) in [6.45, 7) is 14.9. The van der Waals surface area contributed by atoms with Crippen LogP contribution < -0.4 is 10.2 Å². The first-order valence-corrected chi connectivity index (χ1v) is 15.7. The number of hydrogen-bond donors (Lipinski definition) is 1. The second kappa shape index (κ2) is 15.3. The highest BCUT2D eigenvalue weighted by Crippen LogP contribution is 2.42. The standard InChI is InChI=1S/C24H31N2OP.C7H13P.C2H6/c27-23-8-4-18-3-7-22-21(24(18)23)12-16-26(22)19-10-14-25(15-11-19)13-9-17-1-5-20(28)6-2-17;1-6(2)4-5-7(3)8;1-2/h1-3,5-7,19,23,27H,4,8-16,28H2;4-5H,8H2,1-3H3;1-2H3/b;7-5+;. The van der Waals surface area contributed by atoms with Gasteiger partial charge < -0.3 is 14.9 Å². The summed E-state index contributed by atoms with van der Waals surface area (Å²) in [4.78, 5) is 5.28. The van der Waals surface area contributed by atoms with Crippen molar-refractivity contribution in [2.45, 2.75) is 85.3 Å². The van der Waals surface area contributed by atoms with Gasteiger partial charge in [-0.15, -0.1) is 18.5 Å². The number of piperidine rings is 1. The Morgan fingerprint density at radius 3 is 2.21 bits per heavy atom. The van der Waals surface area contributed by atoms with E-state index < -0.39 is 0 Å². The lowest BCUT2D eigenvalue weighted by Gasteiger charge is -2.38. The molecule has 0 bridgehead atoms. The predicted molar refractivity (Wildman–Crippen MR) is 174 cm³/mol. The van der Waals surface area contributed by atoms with Crippen LogP contribution in [0.1, 0.15) is 82.2 Å². The minimum Gasteiger partial charge on any atom is -0.388 e. The van der Waals surface area contributed by atoms with E-state index in [1.807, 2.05) is 13.8 Å². The normalized spacial score (nSPS) is 19.1. The minimum absolute atomic E-state index is 0.230. The monoisotopic (exact) mass is 552 g/mol. The molecule has 0 aromatic heterocycles. The van der Waals surface area contributed by atoms with E-state index in [0.29, 0.717) is 6.04 Å². The smallest absolute Gasteiger partial charge is 0.0799 e. The molecule has 2 aliphatic heterocycles. The molecule has 2 heterocycles. The summed E-state index contributed by atoms with van der Waals surface area (Å²) in [6, 6.07) is 14.1. The van der Waals surface area contributed by atoms with Crippen molar-refractivity contribution >= 4 is 29.5 Å². The maximum Gasteiger partial charge on any atom is 0.0799 e. The Balaban J connectivity index is 0.000000346. The van der Waals surface area contributed by atoms with E-state index in [-0.39, 0.29) is 6.10 Å². The van der Waals surface area contributed by atoms with Crippen LogP contribution in [-0.2, 0) is 19.3 Å². The van der Waals surface area contributed by atoms with E-state index in [9.17, 15) is 5.11 Å². The number of allylic oxidation sites excluding steroid dienone is 4. The number of hydrogen-bond acceptors (Lipinski definition) is 3. The number of aliphatic hydroxyl groups excluding tert-OH is 1. The van der Waals surface area contributed by atoms with Crippen molar-refractivity contribution in [3.05, 3.63) is 81.7 Å². The fourth-order valence-corrected chi connectivity index (χ4v) is 6.05. The van der Waals surface area contributed by atoms with Gasteiger partial charge in [-0.3, -0.25) is 0 Å². The fraction of sp³-hybridized carbons (Fsp3) is 0.515. The van der Waals surface area contributed by atoms with Gasteiger partial charge in [0.15, 0.2) is 0 Å². The molecule has 0 amide bonds. The van der Waals surface area contributed by atoms with Gasteiger partial charge in [0.25, 0.3) is 0 Å². The molecule has 2 aromatic rings. The summed E-state index contributed by atoms with van der Waals surface area (Å²) >= 11 is 0. The molecule has 3 nitrogen and oxygen atoms in total. The van der Waals surface area contributed by atoms with E-state index in [1.54, 1.807) is 0 Å². The van der Waals surface area contributed by atoms with Crippen LogP contribution in [0.2, 0.25) is 0 Å². The van der Waals surface area contributed by atoms with E-state index in [4.69, 9.17) is 0 Å². The zero-order chi connectivity index (χ0) is 27.7. The van der Waals surface area contributed by atoms with Crippen LogP contribution in [0.3, 0.4) is 0 Å². The molecule has 38 heavy (non-hydrogen) atoms. The second-order valence-electron chi connectivity index (χ2n) is 10.9. The van der Waals surface area contributed by atoms with Gasteiger partial charge in [0.05, 0.1) is 6.10 Å². The van der Waals surface area contributed by atoms with Crippen LogP contribution in [0.5, 0.6) is 0 Å². The summed E-state index contributed by atoms with van der Waals surface area (Å²) < 4.78 is 0. The number of benzene rings is 2. The number of aliphatic hydroxyl groups is 1. The second-order valence-corrected chi connectivity index (χ2v) is 12.4. The lowest BCUT2D eigenvalue weighted by molar-refractivity contribution is 0.179. The molecule has 1 aliphatic carbocycles. The number of anilines is 1. The highest BCUT2D eigenvalue weighted by Gasteiger charge is 2.33. The maximum absolute atomic E-state index is 10.4. The van der Waals surface area contributed by atoms with Gasteiger partial charge in [0.1, 0.15) is 0 Å². The summed E-state index contributed by atoms with van der Waals surface area (Å²) in [5.74, 6) is 0. The summed E-state index contributed by atoms with van der Waals surface area (Å²) in [5.41, 5.74) is 8.30. The average molecular weight is 553 g/mol. The van der Waals surface area contributed by atoms with Crippen LogP contribution in [0.15, 0.2) is 59.4 Å². The molecule has 1 N–H and O–H groups in total. The lowest BCUT2D eigenvalue weighted by atomic mass is 9.99. The molecule has 3 unspecified atom stereocenters. The molecule has 3 aliphatic rings. The van der Waals surface area contributed by atoms with Crippen molar-refractivity contribution in [2.75, 3.05) is 31.1 Å². The van der Waals surface area contributed by atoms with Gasteiger partial charge >= 0.3 is 0 Å². The lowest BCUT2D eigenvalue weighted by Crippen LogP contribution is -2.45. The number of likely N-dealkylation sites (tertiary alicyclic amines) is 1. The molecule has 0 saturated carbocycles. The Morgan fingerprint density at radius 2 is 1.61 bits per heavy atom. The minimum atomic E-state index is -0.230. The molecule has 2 aromatic carbocycles. The third-order valence-corrected chi connectivity index (χ3v) is 8.31. The Labute approximate surface area is 237 Å². The summed E-state index contributed by atoms with van der Waals surface area (Å²) in [6.07, 6.45) is 10.7. The zero-order valence-electron chi connectivity index (χ0n) is 24.3. The van der Waals surface area contributed by atoms with Crippen molar-refractivity contribution < 1.29 is 5.11 Å². The average Bonchev–Trinajstić information content (AvgIpc) is 3.52. The van der Waals surface area contributed by atoms with Gasteiger partial charge in [-0.2, -0.15) is 0 Å². The van der Waals surface area contributed by atoms with Crippen molar-refractivity contribution in [2.24, 2.45) is 0 Å². The zero-order valence-corrected chi connectivity index (χ0v) is 26.7. The highest BCUT2D eigenvalue weighted by molar-refractivity contribution is 7.27. The first kappa shape index (κ1) is 31.0. The van der Waals surface area contributed by atoms with Crippen molar-refractivity contribution in [1.29, 1.82) is 0 Å². The van der Waals surface area contributed by atoms with Crippen LogP contribution in [0.25, 0.3) is 0 Å². The molecule has 5 heteroatoms. The van der Waals surface area contributed by atoms with Gasteiger partial charge in [-0.05, 0) is 92.9 Å². The topological polar surface area (TPSA) is 26.7 Å². The van der Waals surface area contributed by atoms with E-state index in [0.717, 1.165) is 32.2 Å². The van der Waals surface area contributed by atoms with Crippen molar-refractivity contribution in [3.63, 3.8) is 0 Å². The van der Waals surface area contributed by atoms with Crippen molar-refractivity contribution in [1.82, 2.24) is 4.90 Å². The Hall–Kier alpha value is -1.50. The van der Waals surface area contributed by atoms with Crippen LogP contribution in [0.4, 0.5) is 5.69 Å². The number of aryl methyl sites for hydroxylation is 1. The first-order chi connectivity index (χ1) is 18.3. The number of rotatable bonds is 5. The molecule has 208 valence electrons. The quantitative estimate of drug-likeness (QED) is 0.320. The summed E-state index contributed by atoms with van der Waals surface area (Å²) in [7, 11) is 5.40. The molecule has 1 fully saturated rings. The number of nitrogens with zero attached hydrogens (tertiary/aromatic N) is 2. The molecular formula is C33H50N2OP2. The molecule has 5 rings (SSSR count). The van der Waals surface area contributed by atoms with Gasteiger partial charge in [0, 0.05) is 37.9 Å². The third kappa shape index (κ3) is 8.50. The summed E-state index contributed by atoms with van der Waals surface area (Å²) in [5, 5.41) is 12.9. The fourth-order valence-electron chi connectivity index (χ4n) is 5.76. The van der Waals surface area contributed by atoms with Gasteiger partial charge in [-0.1, -0.05) is 67.2 Å². The van der Waals surface area contributed by atoms with E-state index >= 15 is 0 Å². The molecular weight excluding hydrogens is 502 g/mol. The first-order valence-electron chi connectivity index (χ1n) is 14.5. The highest BCUT2D eigenvalue weighted by atomic mass is 31.0. The Kier molecular flexibility index (Phi) is 12.5. The Morgan fingerprint density at radius 1 is 0.921 bits per heavy atom. The third-order valence-electron chi connectivity index (χ3n) is 7.73. The predicted octanol–water partition coefficient (Wildman–Crippen LogP) is 6.99. The SMILES string of the molecule is CC.CC(C)=C/C=C(\C)P.OC1CCc2ccc3c(c21)CCN3C1CCN(CCc2ccc(P)cc2)CC1. The van der Waals surface area contributed by atoms with E-state index in [1.165, 1.54) is 76.6 Å².